The number of carbonyl (C=O) groups is 1. The number of benzene rings is 5. The maximum absolute atomic E-state index is 13.3. The Morgan fingerprint density at radius 3 is 1.76 bits per heavy atom. The van der Waals surface area contributed by atoms with Crippen molar-refractivity contribution in [3.63, 3.8) is 0 Å². The van der Waals surface area contributed by atoms with Crippen LogP contribution in [0.1, 0.15) is 32.7 Å². The van der Waals surface area contributed by atoms with Gasteiger partial charge in [-0.3, -0.25) is 4.79 Å². The van der Waals surface area contributed by atoms with Gasteiger partial charge in [0, 0.05) is 17.7 Å². The van der Waals surface area contributed by atoms with Gasteiger partial charge in [0.05, 0.1) is 0 Å². The Labute approximate surface area is 262 Å². The average molecular weight is 593 g/mol. The zero-order valence-electron chi connectivity index (χ0n) is 24.6. The number of fused-ring (bicyclic) bond motifs is 1. The monoisotopic (exact) mass is 592 g/mol. The van der Waals surface area contributed by atoms with Crippen LogP contribution < -0.4 is 19.5 Å². The van der Waals surface area contributed by atoms with Crippen molar-refractivity contribution in [2.24, 2.45) is 0 Å². The largest absolute Gasteiger partial charge is 0.489 e. The van der Waals surface area contributed by atoms with E-state index in [0.29, 0.717) is 36.8 Å². The molecule has 6 nitrogen and oxygen atoms in total. The summed E-state index contributed by atoms with van der Waals surface area (Å²) in [6, 6.07) is 44.9. The molecule has 1 N–H and O–H groups in total. The molecule has 1 amide bonds. The SMILES string of the molecule is O=C(N/C=C/c1ccc(OCc2ccccc2)cc1)c1cc(OCc2ccccc2)c2cccc(OCc3ccccc3)c2n1. The van der Waals surface area contributed by atoms with Crippen molar-refractivity contribution < 1.29 is 19.0 Å². The van der Waals surface area contributed by atoms with Crippen molar-refractivity contribution in [1.29, 1.82) is 0 Å². The summed E-state index contributed by atoms with van der Waals surface area (Å²) in [5.74, 6) is 1.53. The summed E-state index contributed by atoms with van der Waals surface area (Å²) < 4.78 is 18.3. The van der Waals surface area contributed by atoms with Crippen LogP contribution in [0, 0.1) is 0 Å². The lowest BCUT2D eigenvalue weighted by Crippen LogP contribution is -2.18. The predicted octanol–water partition coefficient (Wildman–Crippen LogP) is 8.37. The third-order valence-corrected chi connectivity index (χ3v) is 7.09. The van der Waals surface area contributed by atoms with Gasteiger partial charge in [0.1, 0.15) is 48.3 Å². The fraction of sp³-hybridized carbons (Fsp3) is 0.0769. The number of amides is 1. The van der Waals surface area contributed by atoms with E-state index in [9.17, 15) is 4.79 Å². The first-order chi connectivity index (χ1) is 22.2. The number of aromatic nitrogens is 1. The predicted molar refractivity (Wildman–Crippen MR) is 177 cm³/mol. The Bertz CT molecular complexity index is 1870. The van der Waals surface area contributed by atoms with Crippen LogP contribution in [-0.4, -0.2) is 10.9 Å². The molecular weight excluding hydrogens is 560 g/mol. The van der Waals surface area contributed by atoms with Crippen molar-refractivity contribution >= 4 is 22.9 Å². The second-order valence-electron chi connectivity index (χ2n) is 10.4. The van der Waals surface area contributed by atoms with Gasteiger partial charge in [0.2, 0.25) is 0 Å². The van der Waals surface area contributed by atoms with Crippen molar-refractivity contribution in [2.45, 2.75) is 19.8 Å². The first-order valence-electron chi connectivity index (χ1n) is 14.7. The van der Waals surface area contributed by atoms with Gasteiger partial charge in [0.15, 0.2) is 0 Å². The van der Waals surface area contributed by atoms with E-state index in [2.05, 4.69) is 5.32 Å². The summed E-state index contributed by atoms with van der Waals surface area (Å²) in [5, 5.41) is 3.60. The van der Waals surface area contributed by atoms with Crippen LogP contribution in [0.3, 0.4) is 0 Å². The van der Waals surface area contributed by atoms with Crippen molar-refractivity contribution in [2.75, 3.05) is 0 Å². The number of hydrogen-bond acceptors (Lipinski definition) is 5. The summed E-state index contributed by atoms with van der Waals surface area (Å²) in [4.78, 5) is 18.0. The standard InChI is InChI=1S/C39H32N2O4/c42-39(40-24-23-29-19-21-33(22-20-29)43-26-30-11-4-1-5-12-30)35-25-37(45-28-32-15-8-3-9-16-32)34-17-10-18-36(38(34)41-35)44-27-31-13-6-2-7-14-31/h1-25H,26-28H2,(H,40,42)/b24-23+. The van der Waals surface area contributed by atoms with Gasteiger partial charge in [-0.05, 0) is 52.6 Å². The Morgan fingerprint density at radius 2 is 1.16 bits per heavy atom. The van der Waals surface area contributed by atoms with Crippen molar-refractivity contribution in [1.82, 2.24) is 10.3 Å². The molecule has 0 aliphatic carbocycles. The maximum atomic E-state index is 13.3. The van der Waals surface area contributed by atoms with Crippen molar-refractivity contribution in [3.8, 4) is 17.2 Å². The molecule has 0 aliphatic rings. The molecule has 0 bridgehead atoms. The van der Waals surface area contributed by atoms with Crippen LogP contribution in [0.2, 0.25) is 0 Å². The summed E-state index contributed by atoms with van der Waals surface area (Å²) in [6.07, 6.45) is 3.43. The van der Waals surface area contributed by atoms with Gasteiger partial charge in [-0.1, -0.05) is 109 Å². The number of pyridine rings is 1. The first-order valence-corrected chi connectivity index (χ1v) is 14.7. The molecule has 0 unspecified atom stereocenters. The molecule has 0 fully saturated rings. The molecule has 6 aromatic rings. The molecule has 0 saturated carbocycles. The molecular formula is C39H32N2O4. The molecule has 0 aliphatic heterocycles. The van der Waals surface area contributed by atoms with E-state index in [-0.39, 0.29) is 11.6 Å². The topological polar surface area (TPSA) is 69.7 Å². The van der Waals surface area contributed by atoms with E-state index in [0.717, 1.165) is 33.4 Å². The van der Waals surface area contributed by atoms with E-state index in [1.54, 1.807) is 12.3 Å². The van der Waals surface area contributed by atoms with E-state index in [1.807, 2.05) is 140 Å². The molecule has 1 aromatic heterocycles. The summed E-state index contributed by atoms with van der Waals surface area (Å²) in [5.41, 5.74) is 4.84. The molecule has 6 heteroatoms. The lowest BCUT2D eigenvalue weighted by Gasteiger charge is -2.14. The molecule has 0 saturated heterocycles. The van der Waals surface area contributed by atoms with Gasteiger partial charge in [-0.25, -0.2) is 4.98 Å². The minimum absolute atomic E-state index is 0.218. The number of nitrogens with one attached hydrogen (secondary N) is 1. The van der Waals surface area contributed by atoms with Gasteiger partial charge in [-0.2, -0.15) is 0 Å². The number of para-hydroxylation sites is 1. The van der Waals surface area contributed by atoms with Crippen LogP contribution in [-0.2, 0) is 19.8 Å². The maximum Gasteiger partial charge on any atom is 0.273 e. The zero-order valence-corrected chi connectivity index (χ0v) is 24.6. The second-order valence-corrected chi connectivity index (χ2v) is 10.4. The highest BCUT2D eigenvalue weighted by molar-refractivity contribution is 5.99. The number of carbonyl (C=O) groups excluding carboxylic acids is 1. The van der Waals surface area contributed by atoms with Crippen LogP contribution >= 0.6 is 0 Å². The van der Waals surface area contributed by atoms with E-state index in [4.69, 9.17) is 19.2 Å². The zero-order chi connectivity index (χ0) is 30.7. The lowest BCUT2D eigenvalue weighted by atomic mass is 10.1. The molecule has 0 radical (unpaired) electrons. The fourth-order valence-electron chi connectivity index (χ4n) is 4.72. The number of hydrogen-bond donors (Lipinski definition) is 1. The smallest absolute Gasteiger partial charge is 0.273 e. The van der Waals surface area contributed by atoms with Gasteiger partial charge in [0.25, 0.3) is 5.91 Å². The first kappa shape index (κ1) is 29.2. The number of ether oxygens (including phenoxy) is 3. The number of rotatable bonds is 12. The molecule has 0 spiro atoms. The van der Waals surface area contributed by atoms with Gasteiger partial charge < -0.3 is 19.5 Å². The average Bonchev–Trinajstić information content (AvgIpc) is 3.10. The third-order valence-electron chi connectivity index (χ3n) is 7.09. The summed E-state index contributed by atoms with van der Waals surface area (Å²) in [7, 11) is 0. The molecule has 0 atom stereocenters. The molecule has 6 rings (SSSR count). The molecule has 5 aromatic carbocycles. The minimum atomic E-state index is -0.363. The summed E-state index contributed by atoms with van der Waals surface area (Å²) in [6.45, 7) is 1.22. The van der Waals surface area contributed by atoms with Gasteiger partial charge >= 0.3 is 0 Å². The van der Waals surface area contributed by atoms with Crippen LogP contribution in [0.5, 0.6) is 17.2 Å². The van der Waals surface area contributed by atoms with Gasteiger partial charge in [-0.15, -0.1) is 0 Å². The highest BCUT2D eigenvalue weighted by Gasteiger charge is 2.16. The van der Waals surface area contributed by atoms with E-state index in [1.165, 1.54) is 0 Å². The molecule has 45 heavy (non-hydrogen) atoms. The Morgan fingerprint density at radius 1 is 0.600 bits per heavy atom. The van der Waals surface area contributed by atoms with E-state index < -0.39 is 0 Å². The molecule has 1 heterocycles. The Balaban J connectivity index is 1.18. The van der Waals surface area contributed by atoms with Crippen LogP contribution in [0.4, 0.5) is 0 Å². The normalized spacial score (nSPS) is 10.9. The highest BCUT2D eigenvalue weighted by Crippen LogP contribution is 2.33. The number of nitrogens with zero attached hydrogens (tertiary/aromatic N) is 1. The summed E-state index contributed by atoms with van der Waals surface area (Å²) >= 11 is 0. The van der Waals surface area contributed by atoms with Crippen LogP contribution in [0.25, 0.3) is 17.0 Å². The fourth-order valence-corrected chi connectivity index (χ4v) is 4.72. The second kappa shape index (κ2) is 14.5. The van der Waals surface area contributed by atoms with Crippen LogP contribution in [0.15, 0.2) is 146 Å². The quantitative estimate of drug-likeness (QED) is 0.155. The lowest BCUT2D eigenvalue weighted by molar-refractivity contribution is 0.0965. The highest BCUT2D eigenvalue weighted by atomic mass is 16.5. The third kappa shape index (κ3) is 7.94. The van der Waals surface area contributed by atoms with E-state index >= 15 is 0 Å². The Kier molecular flexibility index (Phi) is 9.43. The molecule has 222 valence electrons. The Hall–Kier alpha value is -5.88. The van der Waals surface area contributed by atoms with Crippen molar-refractivity contribution in [3.05, 3.63) is 174 Å². The minimum Gasteiger partial charge on any atom is -0.489 e.